The van der Waals surface area contributed by atoms with Gasteiger partial charge in [-0.15, -0.1) is 13.2 Å². The molecule has 9 heteroatoms. The molecule has 0 radical (unpaired) electrons. The van der Waals surface area contributed by atoms with Gasteiger partial charge in [-0.2, -0.15) is 5.10 Å². The third-order valence-electron chi connectivity index (χ3n) is 2.95. The second kappa shape index (κ2) is 8.61. The molecular formula is C17H15F3N2O3S. The van der Waals surface area contributed by atoms with Gasteiger partial charge in [-0.3, -0.25) is 10.2 Å². The van der Waals surface area contributed by atoms with E-state index in [4.69, 9.17) is 4.74 Å². The van der Waals surface area contributed by atoms with Crippen molar-refractivity contribution < 1.29 is 27.4 Å². The van der Waals surface area contributed by atoms with E-state index < -0.39 is 6.36 Å². The van der Waals surface area contributed by atoms with E-state index in [1.165, 1.54) is 31.2 Å². The molecule has 0 bridgehead atoms. The number of carbonyl (C=O) groups excluding carboxylic acids is 1. The molecule has 26 heavy (non-hydrogen) atoms. The minimum Gasteiger partial charge on any atom is -0.497 e. The summed E-state index contributed by atoms with van der Waals surface area (Å²) in [6.07, 6.45) is -4.75. The zero-order chi connectivity index (χ0) is 19.2. The number of alkyl halides is 3. The smallest absolute Gasteiger partial charge is 0.497 e. The van der Waals surface area contributed by atoms with Crippen molar-refractivity contribution in [2.45, 2.75) is 18.2 Å². The molecule has 138 valence electrons. The number of benzene rings is 2. The molecule has 0 unspecified atom stereocenters. The van der Waals surface area contributed by atoms with Crippen molar-refractivity contribution in [1.29, 1.82) is 0 Å². The van der Waals surface area contributed by atoms with Crippen molar-refractivity contribution >= 4 is 28.3 Å². The Labute approximate surface area is 152 Å². The molecule has 0 aliphatic carbocycles. The van der Waals surface area contributed by atoms with Crippen molar-refractivity contribution in [3.63, 3.8) is 0 Å². The number of nitrogens with zero attached hydrogens (tertiary/aromatic N) is 1. The number of Topliss-reactive ketones (excluding diaryl/α,β-unsaturated/α-hetero) is 1. The normalized spacial score (nSPS) is 11.8. The molecule has 0 aliphatic heterocycles. The summed E-state index contributed by atoms with van der Waals surface area (Å²) >= 11 is 1.03. The largest absolute Gasteiger partial charge is 0.573 e. The first-order valence-corrected chi connectivity index (χ1v) is 8.11. The molecule has 5 nitrogen and oxygen atoms in total. The predicted molar refractivity (Wildman–Crippen MR) is 93.7 cm³/mol. The molecule has 2 rings (SSSR count). The van der Waals surface area contributed by atoms with Crippen LogP contribution in [0.4, 0.5) is 18.9 Å². The van der Waals surface area contributed by atoms with Crippen molar-refractivity contribution in [3.05, 3.63) is 48.5 Å². The number of anilines is 1. The first kappa shape index (κ1) is 19.6. The number of hydrogen-bond donors (Lipinski definition) is 1. The zero-order valence-electron chi connectivity index (χ0n) is 13.8. The SMILES string of the molecule is COc1ccc(NN=C(Sc2ccc(OC(F)(F)F)cc2)C(C)=O)cc1. The lowest BCUT2D eigenvalue weighted by Crippen LogP contribution is -2.17. The van der Waals surface area contributed by atoms with E-state index in [0.717, 1.165) is 11.8 Å². The van der Waals surface area contributed by atoms with E-state index in [9.17, 15) is 18.0 Å². The fourth-order valence-electron chi connectivity index (χ4n) is 1.78. The summed E-state index contributed by atoms with van der Waals surface area (Å²) in [6, 6.07) is 12.1. The van der Waals surface area contributed by atoms with E-state index in [-0.39, 0.29) is 16.6 Å². The van der Waals surface area contributed by atoms with E-state index in [2.05, 4.69) is 15.3 Å². The van der Waals surface area contributed by atoms with Crippen LogP contribution in [0.1, 0.15) is 6.92 Å². The summed E-state index contributed by atoms with van der Waals surface area (Å²) in [5, 5.41) is 4.21. The molecule has 0 fully saturated rings. The lowest BCUT2D eigenvalue weighted by atomic mass is 10.3. The van der Waals surface area contributed by atoms with Crippen molar-refractivity contribution in [2.24, 2.45) is 5.10 Å². The van der Waals surface area contributed by atoms with Crippen molar-refractivity contribution in [2.75, 3.05) is 12.5 Å². The van der Waals surface area contributed by atoms with Gasteiger partial charge in [0.05, 0.1) is 12.8 Å². The minimum atomic E-state index is -4.75. The molecule has 0 aliphatic rings. The van der Waals surface area contributed by atoms with Crippen molar-refractivity contribution in [1.82, 2.24) is 0 Å². The monoisotopic (exact) mass is 384 g/mol. The van der Waals surface area contributed by atoms with Crippen LogP contribution in [-0.2, 0) is 4.79 Å². The van der Waals surface area contributed by atoms with E-state index >= 15 is 0 Å². The molecule has 0 atom stereocenters. The zero-order valence-corrected chi connectivity index (χ0v) is 14.6. The van der Waals surface area contributed by atoms with Gasteiger partial charge in [0.15, 0.2) is 10.8 Å². The molecule has 0 amide bonds. The van der Waals surface area contributed by atoms with Gasteiger partial charge in [0.1, 0.15) is 11.5 Å². The molecule has 2 aromatic rings. The quantitative estimate of drug-likeness (QED) is 0.339. The number of methoxy groups -OCH3 is 1. The third kappa shape index (κ3) is 6.32. The molecular weight excluding hydrogens is 369 g/mol. The molecule has 1 N–H and O–H groups in total. The first-order valence-electron chi connectivity index (χ1n) is 7.29. The van der Waals surface area contributed by atoms with E-state index in [0.29, 0.717) is 16.3 Å². The number of halogens is 3. The summed E-state index contributed by atoms with van der Waals surface area (Å²) in [4.78, 5) is 12.3. The van der Waals surface area contributed by atoms with Crippen LogP contribution < -0.4 is 14.9 Å². The molecule has 2 aromatic carbocycles. The third-order valence-corrected chi connectivity index (χ3v) is 4.03. The maximum Gasteiger partial charge on any atom is 0.573 e. The van der Waals surface area contributed by atoms with E-state index in [1.54, 1.807) is 31.4 Å². The van der Waals surface area contributed by atoms with Crippen LogP contribution in [0.25, 0.3) is 0 Å². The second-order valence-corrected chi connectivity index (χ2v) is 6.00. The first-order chi connectivity index (χ1) is 12.3. The van der Waals surface area contributed by atoms with Gasteiger partial charge < -0.3 is 9.47 Å². The highest BCUT2D eigenvalue weighted by atomic mass is 32.2. The highest BCUT2D eigenvalue weighted by Crippen LogP contribution is 2.27. The van der Waals surface area contributed by atoms with Gasteiger partial charge in [0, 0.05) is 11.8 Å². The van der Waals surface area contributed by atoms with Crippen LogP contribution in [0.3, 0.4) is 0 Å². The molecule has 0 spiro atoms. The van der Waals surface area contributed by atoms with Gasteiger partial charge in [0.25, 0.3) is 0 Å². The molecule has 0 saturated carbocycles. The number of hydrogen-bond acceptors (Lipinski definition) is 6. The predicted octanol–water partition coefficient (Wildman–Crippen LogP) is 4.70. The summed E-state index contributed by atoms with van der Waals surface area (Å²) < 4.78 is 45.3. The fourth-order valence-corrected chi connectivity index (χ4v) is 2.51. The van der Waals surface area contributed by atoms with Crippen LogP contribution in [0, 0.1) is 0 Å². The summed E-state index contributed by atoms with van der Waals surface area (Å²) in [6.45, 7) is 1.35. The number of ether oxygens (including phenoxy) is 2. The van der Waals surface area contributed by atoms with Gasteiger partial charge in [-0.25, -0.2) is 0 Å². The average Bonchev–Trinajstić information content (AvgIpc) is 2.59. The fraction of sp³-hybridized carbons (Fsp3) is 0.176. The Morgan fingerprint density at radius 2 is 1.62 bits per heavy atom. The lowest BCUT2D eigenvalue weighted by Gasteiger charge is -2.09. The Morgan fingerprint density at radius 3 is 2.12 bits per heavy atom. The van der Waals surface area contributed by atoms with Gasteiger partial charge in [-0.1, -0.05) is 11.8 Å². The number of nitrogens with one attached hydrogen (secondary N) is 1. The summed E-state index contributed by atoms with van der Waals surface area (Å²) in [5.74, 6) is 0.0630. The van der Waals surface area contributed by atoms with Gasteiger partial charge in [-0.05, 0) is 48.5 Å². The highest BCUT2D eigenvalue weighted by Gasteiger charge is 2.30. The summed E-state index contributed by atoms with van der Waals surface area (Å²) in [5.41, 5.74) is 3.41. The Balaban J connectivity index is 2.06. The standard InChI is InChI=1S/C17H15F3N2O3S/c1-11(23)16(22-21-12-3-5-13(24-2)6-4-12)26-15-9-7-14(8-10-15)25-17(18,19)20/h3-10,21H,1-2H3. The average molecular weight is 384 g/mol. The topological polar surface area (TPSA) is 59.9 Å². The second-order valence-electron chi connectivity index (χ2n) is 4.93. The van der Waals surface area contributed by atoms with E-state index in [1.807, 2.05) is 0 Å². The van der Waals surface area contributed by atoms with Crippen LogP contribution in [-0.4, -0.2) is 24.3 Å². The van der Waals surface area contributed by atoms with Crippen LogP contribution in [0.15, 0.2) is 58.5 Å². The lowest BCUT2D eigenvalue weighted by molar-refractivity contribution is -0.274. The Kier molecular flexibility index (Phi) is 6.51. The highest BCUT2D eigenvalue weighted by molar-refractivity contribution is 8.15. The number of thioether (sulfide) groups is 1. The Morgan fingerprint density at radius 1 is 1.04 bits per heavy atom. The summed E-state index contributed by atoms with van der Waals surface area (Å²) in [7, 11) is 1.55. The number of rotatable bonds is 6. The molecule has 0 heterocycles. The maximum absolute atomic E-state index is 12.2. The molecule has 0 saturated heterocycles. The maximum atomic E-state index is 12.2. The minimum absolute atomic E-state index is 0.158. The number of ketones is 1. The van der Waals surface area contributed by atoms with Gasteiger partial charge in [0.2, 0.25) is 0 Å². The Hall–Kier alpha value is -2.68. The van der Waals surface area contributed by atoms with Crippen LogP contribution in [0.5, 0.6) is 11.5 Å². The van der Waals surface area contributed by atoms with Crippen LogP contribution in [0.2, 0.25) is 0 Å². The number of hydrazone groups is 1. The van der Waals surface area contributed by atoms with Gasteiger partial charge >= 0.3 is 6.36 Å². The number of carbonyl (C=O) groups is 1. The Bertz CT molecular complexity index is 775. The molecule has 0 aromatic heterocycles. The van der Waals surface area contributed by atoms with Crippen LogP contribution >= 0.6 is 11.8 Å². The van der Waals surface area contributed by atoms with Crippen molar-refractivity contribution in [3.8, 4) is 11.5 Å².